The van der Waals surface area contributed by atoms with Gasteiger partial charge in [-0.1, -0.05) is 30.3 Å². The average molecular weight is 287 g/mol. The third kappa shape index (κ3) is 2.31. The van der Waals surface area contributed by atoms with Gasteiger partial charge in [0.15, 0.2) is 0 Å². The van der Waals surface area contributed by atoms with Gasteiger partial charge in [0, 0.05) is 18.3 Å². The highest BCUT2D eigenvalue weighted by molar-refractivity contribution is 6.42. The summed E-state index contributed by atoms with van der Waals surface area (Å²) in [6.07, 6.45) is 0. The third-order valence-electron chi connectivity index (χ3n) is 3.37. The lowest BCUT2D eigenvalue weighted by Gasteiger charge is -2.04. The summed E-state index contributed by atoms with van der Waals surface area (Å²) in [5.74, 6) is -3.95. The van der Waals surface area contributed by atoms with Crippen molar-refractivity contribution >= 4 is 17.7 Å². The summed E-state index contributed by atoms with van der Waals surface area (Å²) in [7, 11) is 1.49. The molecule has 0 aliphatic carbocycles. The highest BCUT2D eigenvalue weighted by Crippen LogP contribution is 2.32. The molecule has 0 saturated carbocycles. The molecule has 0 spiro atoms. The number of carbonyl (C=O) groups excluding carboxylic acids is 1. The zero-order valence-electron chi connectivity index (χ0n) is 11.5. The molecule has 1 aromatic carbocycles. The van der Waals surface area contributed by atoms with Crippen LogP contribution in [0.4, 0.5) is 0 Å². The minimum atomic E-state index is -1.61. The second-order valence-corrected chi connectivity index (χ2v) is 4.55. The largest absolute Gasteiger partial charge is 0.477 e. The predicted octanol–water partition coefficient (Wildman–Crippen LogP) is 1.97. The van der Waals surface area contributed by atoms with Crippen molar-refractivity contribution in [3.63, 3.8) is 0 Å². The van der Waals surface area contributed by atoms with E-state index in [1.807, 2.05) is 0 Å². The van der Waals surface area contributed by atoms with E-state index >= 15 is 0 Å². The Balaban J connectivity index is 2.88. The molecule has 0 radical (unpaired) electrons. The van der Waals surface area contributed by atoms with Crippen LogP contribution >= 0.6 is 0 Å². The molecule has 2 aromatic rings. The number of Topliss-reactive ketones (excluding diaryl/α,β-unsaturated/α-hetero) is 1. The fraction of sp³-hybridized carbons (Fsp3) is 0.133. The topological polar surface area (TPSA) is 96.6 Å². The molecular formula is C15H13NO5. The van der Waals surface area contributed by atoms with Crippen molar-refractivity contribution in [2.24, 2.45) is 7.05 Å². The van der Waals surface area contributed by atoms with Crippen LogP contribution in [0, 0.1) is 6.92 Å². The Labute approximate surface area is 120 Å². The van der Waals surface area contributed by atoms with Crippen molar-refractivity contribution in [2.45, 2.75) is 6.92 Å². The monoisotopic (exact) mass is 287 g/mol. The van der Waals surface area contributed by atoms with Crippen LogP contribution in [-0.2, 0) is 11.8 Å². The molecule has 1 aromatic heterocycles. The number of carboxylic acids is 2. The number of nitrogens with zero attached hydrogens (tertiary/aromatic N) is 1. The van der Waals surface area contributed by atoms with Gasteiger partial charge in [-0.25, -0.2) is 9.59 Å². The van der Waals surface area contributed by atoms with Gasteiger partial charge in [0.1, 0.15) is 5.69 Å². The van der Waals surface area contributed by atoms with Gasteiger partial charge < -0.3 is 14.8 Å². The van der Waals surface area contributed by atoms with Gasteiger partial charge in [0.25, 0.3) is 5.78 Å². The molecule has 6 heteroatoms. The average Bonchev–Trinajstić information content (AvgIpc) is 2.71. The van der Waals surface area contributed by atoms with Gasteiger partial charge in [0.05, 0.1) is 5.56 Å². The Morgan fingerprint density at radius 1 is 1.05 bits per heavy atom. The highest BCUT2D eigenvalue weighted by Gasteiger charge is 2.30. The molecule has 21 heavy (non-hydrogen) atoms. The number of ketones is 1. The second kappa shape index (κ2) is 5.24. The van der Waals surface area contributed by atoms with Crippen LogP contribution in [0.3, 0.4) is 0 Å². The number of aromatic nitrogens is 1. The summed E-state index contributed by atoms with van der Waals surface area (Å²) in [6, 6.07) is 8.41. The van der Waals surface area contributed by atoms with Crippen LogP contribution < -0.4 is 0 Å². The molecule has 0 unspecified atom stereocenters. The minimum Gasteiger partial charge on any atom is -0.477 e. The molecular weight excluding hydrogens is 274 g/mol. The maximum atomic E-state index is 11.9. The highest BCUT2D eigenvalue weighted by atomic mass is 16.4. The molecule has 0 fully saturated rings. The normalized spacial score (nSPS) is 10.4. The second-order valence-electron chi connectivity index (χ2n) is 4.55. The Kier molecular flexibility index (Phi) is 3.62. The summed E-state index contributed by atoms with van der Waals surface area (Å²) in [5, 5.41) is 18.4. The Morgan fingerprint density at radius 2 is 1.62 bits per heavy atom. The summed E-state index contributed by atoms with van der Waals surface area (Å²) >= 11 is 0. The number of aromatic carboxylic acids is 1. The summed E-state index contributed by atoms with van der Waals surface area (Å²) in [5.41, 5.74) is 0.731. The van der Waals surface area contributed by atoms with Crippen LogP contribution in [0.15, 0.2) is 30.3 Å². The van der Waals surface area contributed by atoms with E-state index in [0.717, 1.165) is 0 Å². The van der Waals surface area contributed by atoms with Gasteiger partial charge in [0.2, 0.25) is 0 Å². The first-order chi connectivity index (χ1) is 9.86. The van der Waals surface area contributed by atoms with Gasteiger partial charge in [-0.05, 0) is 12.5 Å². The molecule has 2 N–H and O–H groups in total. The molecule has 6 nitrogen and oxygen atoms in total. The molecule has 0 saturated heterocycles. The van der Waals surface area contributed by atoms with Gasteiger partial charge >= 0.3 is 11.9 Å². The smallest absolute Gasteiger partial charge is 0.377 e. The number of hydrogen-bond acceptors (Lipinski definition) is 3. The molecule has 108 valence electrons. The van der Waals surface area contributed by atoms with Gasteiger partial charge in [-0.2, -0.15) is 0 Å². The molecule has 1 heterocycles. The zero-order chi connectivity index (χ0) is 15.7. The van der Waals surface area contributed by atoms with E-state index in [1.54, 1.807) is 30.3 Å². The fourth-order valence-electron chi connectivity index (χ4n) is 2.32. The lowest BCUT2D eigenvalue weighted by atomic mass is 9.97. The van der Waals surface area contributed by atoms with E-state index in [-0.39, 0.29) is 16.8 Å². The first-order valence-corrected chi connectivity index (χ1v) is 6.11. The molecule has 0 amide bonds. The standard InChI is InChI=1S/C15H13NO5/c1-8-10(13(17)15(20)21)11(9-6-4-3-5-7-9)12(14(18)19)16(8)2/h3-7H,1-2H3,(H,18,19)(H,20,21). The van der Waals surface area contributed by atoms with E-state index in [9.17, 15) is 19.5 Å². The lowest BCUT2D eigenvalue weighted by Crippen LogP contribution is -2.14. The van der Waals surface area contributed by atoms with Crippen molar-refractivity contribution in [3.8, 4) is 11.1 Å². The maximum absolute atomic E-state index is 11.9. The van der Waals surface area contributed by atoms with Crippen molar-refractivity contribution in [1.82, 2.24) is 4.57 Å². The van der Waals surface area contributed by atoms with Crippen LogP contribution in [0.1, 0.15) is 26.5 Å². The number of hydrogen-bond donors (Lipinski definition) is 2. The number of carbonyl (C=O) groups is 3. The first-order valence-electron chi connectivity index (χ1n) is 6.11. The summed E-state index contributed by atoms with van der Waals surface area (Å²) in [6.45, 7) is 1.52. The Bertz CT molecular complexity index is 743. The van der Waals surface area contributed by atoms with Crippen LogP contribution in [0.25, 0.3) is 11.1 Å². The van der Waals surface area contributed by atoms with Crippen LogP contribution in [0.5, 0.6) is 0 Å². The molecule has 0 aliphatic heterocycles. The molecule has 2 rings (SSSR count). The van der Waals surface area contributed by atoms with E-state index in [4.69, 9.17) is 5.11 Å². The van der Waals surface area contributed by atoms with Crippen molar-refractivity contribution in [3.05, 3.63) is 47.3 Å². The first kappa shape index (κ1) is 14.5. The van der Waals surface area contributed by atoms with E-state index in [0.29, 0.717) is 11.3 Å². The lowest BCUT2D eigenvalue weighted by molar-refractivity contribution is -0.131. The predicted molar refractivity (Wildman–Crippen MR) is 74.5 cm³/mol. The number of benzene rings is 1. The molecule has 0 aliphatic rings. The Morgan fingerprint density at radius 3 is 2.10 bits per heavy atom. The van der Waals surface area contributed by atoms with E-state index < -0.39 is 17.7 Å². The van der Waals surface area contributed by atoms with E-state index in [1.165, 1.54) is 18.5 Å². The quantitative estimate of drug-likeness (QED) is 0.662. The summed E-state index contributed by atoms with van der Waals surface area (Å²) < 4.78 is 1.32. The maximum Gasteiger partial charge on any atom is 0.377 e. The van der Waals surface area contributed by atoms with Crippen molar-refractivity contribution in [1.29, 1.82) is 0 Å². The third-order valence-corrected chi connectivity index (χ3v) is 3.37. The van der Waals surface area contributed by atoms with Crippen molar-refractivity contribution in [2.75, 3.05) is 0 Å². The minimum absolute atomic E-state index is 0.0893. The number of rotatable bonds is 4. The number of carboxylic acid groups (broad SMARTS) is 2. The van der Waals surface area contributed by atoms with Crippen LogP contribution in [-0.4, -0.2) is 32.5 Å². The van der Waals surface area contributed by atoms with E-state index in [2.05, 4.69) is 0 Å². The number of aliphatic carboxylic acids is 1. The zero-order valence-corrected chi connectivity index (χ0v) is 11.5. The van der Waals surface area contributed by atoms with Gasteiger partial charge in [-0.15, -0.1) is 0 Å². The Hall–Kier alpha value is -2.89. The van der Waals surface area contributed by atoms with Crippen molar-refractivity contribution < 1.29 is 24.6 Å². The molecule has 0 bridgehead atoms. The SMILES string of the molecule is Cc1c(C(=O)C(=O)O)c(-c2ccccc2)c(C(=O)O)n1C. The molecule has 0 atom stereocenters. The summed E-state index contributed by atoms with van der Waals surface area (Å²) in [4.78, 5) is 34.5. The van der Waals surface area contributed by atoms with Gasteiger partial charge in [-0.3, -0.25) is 4.79 Å². The van der Waals surface area contributed by atoms with Crippen LogP contribution in [0.2, 0.25) is 0 Å². The fourth-order valence-corrected chi connectivity index (χ4v) is 2.32.